The number of benzene rings is 1. The molecule has 3 aromatic rings. The number of hydrogen-bond donors (Lipinski definition) is 2. The SMILES string of the molecule is CCC(CC)n1nccc1C(=O)N[C@@H](C)c1nc2ccccc2[nH]1. The topological polar surface area (TPSA) is 75.6 Å². The third-order valence-electron chi connectivity index (χ3n) is 4.36. The van der Waals surface area contributed by atoms with Crippen molar-refractivity contribution < 1.29 is 4.79 Å². The first kappa shape index (κ1) is 16.2. The molecule has 0 saturated heterocycles. The molecule has 1 aromatic carbocycles. The van der Waals surface area contributed by atoms with Crippen LogP contribution in [0.15, 0.2) is 36.5 Å². The molecule has 0 saturated carbocycles. The average molecular weight is 325 g/mol. The molecule has 2 aromatic heterocycles. The molecule has 6 heteroatoms. The summed E-state index contributed by atoms with van der Waals surface area (Å²) in [6, 6.07) is 9.62. The second-order valence-electron chi connectivity index (χ2n) is 5.97. The van der Waals surface area contributed by atoms with Crippen molar-refractivity contribution in [1.82, 2.24) is 25.1 Å². The summed E-state index contributed by atoms with van der Waals surface area (Å²) in [5.74, 6) is 0.616. The lowest BCUT2D eigenvalue weighted by atomic mass is 10.1. The smallest absolute Gasteiger partial charge is 0.270 e. The molecule has 6 nitrogen and oxygen atoms in total. The minimum Gasteiger partial charge on any atom is -0.341 e. The van der Waals surface area contributed by atoms with Gasteiger partial charge in [-0.2, -0.15) is 5.10 Å². The van der Waals surface area contributed by atoms with E-state index in [-0.39, 0.29) is 18.0 Å². The molecule has 1 amide bonds. The van der Waals surface area contributed by atoms with Gasteiger partial charge in [0.1, 0.15) is 11.5 Å². The highest BCUT2D eigenvalue weighted by Crippen LogP contribution is 2.19. The number of rotatable bonds is 6. The molecule has 0 spiro atoms. The van der Waals surface area contributed by atoms with E-state index in [1.807, 2.05) is 35.9 Å². The molecule has 24 heavy (non-hydrogen) atoms. The van der Waals surface area contributed by atoms with Crippen molar-refractivity contribution in [2.75, 3.05) is 0 Å². The van der Waals surface area contributed by atoms with Crippen molar-refractivity contribution in [3.63, 3.8) is 0 Å². The van der Waals surface area contributed by atoms with Gasteiger partial charge in [-0.3, -0.25) is 9.48 Å². The zero-order valence-electron chi connectivity index (χ0n) is 14.3. The number of carbonyl (C=O) groups is 1. The maximum absolute atomic E-state index is 12.6. The Morgan fingerprint density at radius 1 is 1.25 bits per heavy atom. The van der Waals surface area contributed by atoms with Gasteiger partial charge < -0.3 is 10.3 Å². The van der Waals surface area contributed by atoms with Crippen LogP contribution in [0.25, 0.3) is 11.0 Å². The van der Waals surface area contributed by atoms with Gasteiger partial charge in [-0.1, -0.05) is 26.0 Å². The van der Waals surface area contributed by atoms with Crippen LogP contribution in [-0.2, 0) is 0 Å². The van der Waals surface area contributed by atoms with E-state index in [2.05, 4.69) is 34.2 Å². The monoisotopic (exact) mass is 325 g/mol. The van der Waals surface area contributed by atoms with Gasteiger partial charge in [0.05, 0.1) is 23.1 Å². The van der Waals surface area contributed by atoms with Gasteiger partial charge in [0.25, 0.3) is 5.91 Å². The quantitative estimate of drug-likeness (QED) is 0.727. The molecular weight excluding hydrogens is 302 g/mol. The number of carbonyl (C=O) groups excluding carboxylic acids is 1. The molecule has 0 aliphatic rings. The summed E-state index contributed by atoms with van der Waals surface area (Å²) in [5.41, 5.74) is 2.46. The van der Waals surface area contributed by atoms with Crippen LogP contribution in [-0.4, -0.2) is 25.7 Å². The number of aromatic amines is 1. The second-order valence-corrected chi connectivity index (χ2v) is 5.97. The number of fused-ring (bicyclic) bond motifs is 1. The Morgan fingerprint density at radius 3 is 2.71 bits per heavy atom. The summed E-state index contributed by atoms with van der Waals surface area (Å²) in [6.07, 6.45) is 3.56. The lowest BCUT2D eigenvalue weighted by molar-refractivity contribution is 0.0924. The molecule has 2 heterocycles. The number of nitrogens with zero attached hydrogens (tertiary/aromatic N) is 3. The van der Waals surface area contributed by atoms with E-state index >= 15 is 0 Å². The Hall–Kier alpha value is -2.63. The fourth-order valence-corrected chi connectivity index (χ4v) is 2.94. The highest BCUT2D eigenvalue weighted by molar-refractivity contribution is 5.92. The van der Waals surface area contributed by atoms with Crippen molar-refractivity contribution in [3.8, 4) is 0 Å². The van der Waals surface area contributed by atoms with Crippen LogP contribution in [0.4, 0.5) is 0 Å². The zero-order valence-corrected chi connectivity index (χ0v) is 14.3. The average Bonchev–Trinajstić information content (AvgIpc) is 3.23. The molecule has 126 valence electrons. The molecule has 0 fully saturated rings. The number of para-hydroxylation sites is 2. The van der Waals surface area contributed by atoms with Crippen LogP contribution >= 0.6 is 0 Å². The predicted octanol–water partition coefficient (Wildman–Crippen LogP) is 3.61. The highest BCUT2D eigenvalue weighted by atomic mass is 16.2. The fourth-order valence-electron chi connectivity index (χ4n) is 2.94. The summed E-state index contributed by atoms with van der Waals surface area (Å²) in [7, 11) is 0. The Kier molecular flexibility index (Phi) is 4.64. The molecular formula is C18H23N5O. The van der Waals surface area contributed by atoms with Gasteiger partial charge in [0.2, 0.25) is 0 Å². The van der Waals surface area contributed by atoms with Gasteiger partial charge in [0.15, 0.2) is 0 Å². The first-order chi connectivity index (χ1) is 11.6. The number of H-pyrrole nitrogens is 1. The zero-order chi connectivity index (χ0) is 17.1. The minimum atomic E-state index is -0.213. The highest BCUT2D eigenvalue weighted by Gasteiger charge is 2.20. The summed E-state index contributed by atoms with van der Waals surface area (Å²) in [5, 5.41) is 7.34. The number of aromatic nitrogens is 4. The van der Waals surface area contributed by atoms with Crippen LogP contribution in [0.1, 0.15) is 62.0 Å². The molecule has 0 aliphatic carbocycles. The van der Waals surface area contributed by atoms with E-state index in [0.29, 0.717) is 5.69 Å². The van der Waals surface area contributed by atoms with Crippen LogP contribution in [0.2, 0.25) is 0 Å². The normalized spacial score (nSPS) is 12.7. The van der Waals surface area contributed by atoms with Crippen molar-refractivity contribution in [2.24, 2.45) is 0 Å². The molecule has 0 radical (unpaired) electrons. The Labute approximate surface area is 141 Å². The number of nitrogens with one attached hydrogen (secondary N) is 2. The maximum atomic E-state index is 12.6. The lowest BCUT2D eigenvalue weighted by Crippen LogP contribution is -2.30. The van der Waals surface area contributed by atoms with E-state index < -0.39 is 0 Å². The van der Waals surface area contributed by atoms with Gasteiger partial charge in [0, 0.05) is 6.20 Å². The number of hydrogen-bond acceptors (Lipinski definition) is 3. The first-order valence-corrected chi connectivity index (χ1v) is 8.43. The summed E-state index contributed by atoms with van der Waals surface area (Å²) in [4.78, 5) is 20.4. The van der Waals surface area contributed by atoms with Gasteiger partial charge in [-0.25, -0.2) is 4.98 Å². The van der Waals surface area contributed by atoms with E-state index in [9.17, 15) is 4.79 Å². The molecule has 1 atom stereocenters. The Bertz CT molecular complexity index is 798. The second kappa shape index (κ2) is 6.86. The summed E-state index contributed by atoms with van der Waals surface area (Å²) in [6.45, 7) is 6.14. The Balaban J connectivity index is 1.78. The van der Waals surface area contributed by atoms with Crippen LogP contribution < -0.4 is 5.32 Å². The maximum Gasteiger partial charge on any atom is 0.270 e. The molecule has 3 rings (SSSR count). The summed E-state index contributed by atoms with van der Waals surface area (Å²) < 4.78 is 1.82. The lowest BCUT2D eigenvalue weighted by Gasteiger charge is -2.17. The largest absolute Gasteiger partial charge is 0.341 e. The molecule has 2 N–H and O–H groups in total. The third kappa shape index (κ3) is 3.04. The van der Waals surface area contributed by atoms with E-state index in [4.69, 9.17) is 0 Å². The van der Waals surface area contributed by atoms with Gasteiger partial charge in [-0.15, -0.1) is 0 Å². The number of amides is 1. The van der Waals surface area contributed by atoms with Crippen molar-refractivity contribution in [3.05, 3.63) is 48.0 Å². The van der Waals surface area contributed by atoms with E-state index in [0.717, 1.165) is 29.7 Å². The van der Waals surface area contributed by atoms with Crippen LogP contribution in [0, 0.1) is 0 Å². The number of imidazole rings is 1. The predicted molar refractivity (Wildman–Crippen MR) is 93.8 cm³/mol. The molecule has 0 aliphatic heterocycles. The van der Waals surface area contributed by atoms with E-state index in [1.54, 1.807) is 12.3 Å². The van der Waals surface area contributed by atoms with Crippen molar-refractivity contribution in [2.45, 2.75) is 45.7 Å². The minimum absolute atomic E-state index is 0.132. The molecule has 0 bridgehead atoms. The summed E-state index contributed by atoms with van der Waals surface area (Å²) >= 11 is 0. The van der Waals surface area contributed by atoms with Crippen molar-refractivity contribution in [1.29, 1.82) is 0 Å². The van der Waals surface area contributed by atoms with Crippen LogP contribution in [0.3, 0.4) is 0 Å². The van der Waals surface area contributed by atoms with E-state index in [1.165, 1.54) is 0 Å². The molecule has 0 unspecified atom stereocenters. The Morgan fingerprint density at radius 2 is 2.00 bits per heavy atom. The third-order valence-corrected chi connectivity index (χ3v) is 4.36. The standard InChI is InChI=1S/C18H23N5O/c1-4-13(5-2)23-16(10-11-19-23)18(24)20-12(3)17-21-14-8-6-7-9-15(14)22-17/h6-13H,4-5H2,1-3H3,(H,20,24)(H,21,22)/t12-/m0/s1. The van der Waals surface area contributed by atoms with Gasteiger partial charge in [-0.05, 0) is 38.0 Å². The van der Waals surface area contributed by atoms with Crippen molar-refractivity contribution >= 4 is 16.9 Å². The van der Waals surface area contributed by atoms with Crippen LogP contribution in [0.5, 0.6) is 0 Å². The van der Waals surface area contributed by atoms with Gasteiger partial charge >= 0.3 is 0 Å². The first-order valence-electron chi connectivity index (χ1n) is 8.43. The fraction of sp³-hybridized carbons (Fsp3) is 0.389.